The number of rotatable bonds is 5. The van der Waals surface area contributed by atoms with E-state index in [2.05, 4.69) is 17.9 Å². The smallest absolute Gasteiger partial charge is 0.414 e. The van der Waals surface area contributed by atoms with Crippen LogP contribution in [-0.4, -0.2) is 49.6 Å². The molecule has 2 aliphatic heterocycles. The van der Waals surface area contributed by atoms with Crippen molar-refractivity contribution in [1.82, 2.24) is 5.32 Å². The molecule has 2 fully saturated rings. The summed E-state index contributed by atoms with van der Waals surface area (Å²) in [5.74, 6) is -1.09. The van der Waals surface area contributed by atoms with Crippen LogP contribution in [0.15, 0.2) is 42.5 Å². The van der Waals surface area contributed by atoms with Gasteiger partial charge in [0.15, 0.2) is 0 Å². The zero-order chi connectivity index (χ0) is 22.1. The number of urea groups is 1. The van der Waals surface area contributed by atoms with Gasteiger partial charge in [0.25, 0.3) is 5.24 Å². The van der Waals surface area contributed by atoms with Gasteiger partial charge in [-0.25, -0.2) is 18.4 Å². The number of carbonyl (C=O) groups excluding carboxylic acids is 3. The highest BCUT2D eigenvalue weighted by Crippen LogP contribution is 2.31. The third-order valence-corrected chi connectivity index (χ3v) is 5.19. The maximum Gasteiger partial charge on any atom is 0.414 e. The molecule has 1 unspecified atom stereocenters. The number of halogens is 2. The lowest BCUT2D eigenvalue weighted by Gasteiger charge is -2.20. The van der Waals surface area contributed by atoms with E-state index in [1.165, 1.54) is 51.1 Å². The van der Waals surface area contributed by atoms with E-state index in [-0.39, 0.29) is 31.0 Å². The molecule has 1 atom stereocenters. The van der Waals surface area contributed by atoms with Crippen LogP contribution in [0.25, 0.3) is 0 Å². The molecule has 2 saturated heterocycles. The van der Waals surface area contributed by atoms with E-state index in [4.69, 9.17) is 4.74 Å². The Morgan fingerprint density at radius 2 is 1.71 bits per heavy atom. The number of nitrogens with zero attached hydrogens (tertiary/aromatic N) is 3. The molecular formula is C20H18F2N4O4S. The lowest BCUT2D eigenvalue weighted by molar-refractivity contribution is 0.141. The Bertz CT molecular complexity index is 1040. The molecule has 31 heavy (non-hydrogen) atoms. The van der Waals surface area contributed by atoms with Gasteiger partial charge in [0.05, 0.1) is 24.5 Å². The average Bonchev–Trinajstić information content (AvgIpc) is 3.29. The van der Waals surface area contributed by atoms with Gasteiger partial charge >= 0.3 is 12.1 Å². The summed E-state index contributed by atoms with van der Waals surface area (Å²) in [7, 11) is 0. The number of thiol groups is 1. The summed E-state index contributed by atoms with van der Waals surface area (Å²) < 4.78 is 33.2. The maximum atomic E-state index is 14.9. The molecule has 0 aliphatic carbocycles. The molecule has 4 amide bonds. The van der Waals surface area contributed by atoms with Gasteiger partial charge in [-0.3, -0.25) is 19.5 Å². The molecule has 2 aromatic rings. The zero-order valence-electron chi connectivity index (χ0n) is 16.1. The van der Waals surface area contributed by atoms with Crippen LogP contribution in [0.5, 0.6) is 0 Å². The molecule has 0 aromatic heterocycles. The van der Waals surface area contributed by atoms with E-state index in [0.717, 1.165) is 6.07 Å². The molecule has 0 radical (unpaired) electrons. The second kappa shape index (κ2) is 8.42. The monoisotopic (exact) mass is 448 g/mol. The molecule has 162 valence electrons. The van der Waals surface area contributed by atoms with Gasteiger partial charge in [-0.05, 0) is 42.5 Å². The Labute approximate surface area is 181 Å². The number of hydrogen-bond acceptors (Lipinski definition) is 4. The number of hydrogen-bond donors (Lipinski definition) is 2. The predicted molar refractivity (Wildman–Crippen MR) is 113 cm³/mol. The number of amides is 4. The van der Waals surface area contributed by atoms with E-state index < -0.39 is 35.1 Å². The first-order valence-corrected chi connectivity index (χ1v) is 9.87. The molecule has 0 spiro atoms. The minimum atomic E-state index is -0.674. The molecule has 4 rings (SSSR count). The Morgan fingerprint density at radius 1 is 1.03 bits per heavy atom. The van der Waals surface area contributed by atoms with Crippen LogP contribution in [0.2, 0.25) is 0 Å². The van der Waals surface area contributed by atoms with E-state index in [9.17, 15) is 23.2 Å². The fraction of sp³-hybridized carbons (Fsp3) is 0.250. The second-order valence-electron chi connectivity index (χ2n) is 7.00. The number of nitrogens with one attached hydrogen (secondary N) is 1. The molecule has 1 N–H and O–H groups in total. The van der Waals surface area contributed by atoms with E-state index in [1.54, 1.807) is 0 Å². The molecule has 2 aliphatic rings. The second-order valence-corrected chi connectivity index (χ2v) is 7.41. The van der Waals surface area contributed by atoms with Gasteiger partial charge in [0.1, 0.15) is 17.7 Å². The fourth-order valence-electron chi connectivity index (χ4n) is 3.54. The van der Waals surface area contributed by atoms with Crippen LogP contribution in [0.1, 0.15) is 0 Å². The summed E-state index contributed by atoms with van der Waals surface area (Å²) in [6.07, 6.45) is -1.25. The molecule has 0 saturated carbocycles. The third-order valence-electron chi connectivity index (χ3n) is 5.04. The highest BCUT2D eigenvalue weighted by molar-refractivity contribution is 7.96. The first kappa shape index (κ1) is 20.9. The highest BCUT2D eigenvalue weighted by Gasteiger charge is 2.35. The lowest BCUT2D eigenvalue weighted by atomic mass is 10.2. The molecule has 8 nitrogen and oxygen atoms in total. The lowest BCUT2D eigenvalue weighted by Crippen LogP contribution is -2.33. The van der Waals surface area contributed by atoms with E-state index in [1.807, 2.05) is 0 Å². The average molecular weight is 448 g/mol. The van der Waals surface area contributed by atoms with Crippen molar-refractivity contribution < 1.29 is 27.9 Å². The van der Waals surface area contributed by atoms with Crippen molar-refractivity contribution >= 4 is 47.1 Å². The third kappa shape index (κ3) is 4.26. The largest absolute Gasteiger partial charge is 0.442 e. The van der Waals surface area contributed by atoms with Crippen molar-refractivity contribution in [3.63, 3.8) is 0 Å². The topological polar surface area (TPSA) is 82.2 Å². The van der Waals surface area contributed by atoms with Crippen molar-refractivity contribution in [2.24, 2.45) is 0 Å². The van der Waals surface area contributed by atoms with Crippen LogP contribution in [0, 0.1) is 11.6 Å². The molecule has 2 aromatic carbocycles. The van der Waals surface area contributed by atoms with Gasteiger partial charge in [-0.1, -0.05) is 12.6 Å². The van der Waals surface area contributed by atoms with Crippen molar-refractivity contribution in [3.05, 3.63) is 54.1 Å². The SMILES string of the molecule is O=C(S)NCC1CN(c2ccc(N3CCN(c4ccc(F)cc4)C3=O)c(F)c2)C(=O)O1. The van der Waals surface area contributed by atoms with Gasteiger partial charge in [0.2, 0.25) is 0 Å². The van der Waals surface area contributed by atoms with Crippen LogP contribution >= 0.6 is 12.6 Å². The normalized spacial score (nSPS) is 18.5. The first-order chi connectivity index (χ1) is 14.8. The van der Waals surface area contributed by atoms with Gasteiger partial charge in [-0.2, -0.15) is 0 Å². The van der Waals surface area contributed by atoms with Crippen molar-refractivity contribution in [2.45, 2.75) is 6.10 Å². The highest BCUT2D eigenvalue weighted by atomic mass is 32.1. The quantitative estimate of drug-likeness (QED) is 0.688. The summed E-state index contributed by atoms with van der Waals surface area (Å²) in [5, 5.41) is 1.89. The number of benzene rings is 2. The van der Waals surface area contributed by atoms with Crippen LogP contribution in [0.3, 0.4) is 0 Å². The summed E-state index contributed by atoms with van der Waals surface area (Å²) in [6.45, 7) is 0.797. The molecule has 2 heterocycles. The van der Waals surface area contributed by atoms with Gasteiger partial charge < -0.3 is 10.1 Å². The Balaban J connectivity index is 1.48. The standard InChI is InChI=1S/C20H18F2N4O4S/c21-12-1-3-13(4-2-12)24-7-8-25(19(24)28)17-6-5-14(9-16(17)22)26-11-15(30-20(26)29)10-23-18(27)31/h1-6,9,15H,7-8,10-11H2,(H2,23,27,31). The predicted octanol–water partition coefficient (Wildman–Crippen LogP) is 3.38. The summed E-state index contributed by atoms with van der Waals surface area (Å²) in [4.78, 5) is 39.7. The fourth-order valence-corrected chi connectivity index (χ4v) is 3.63. The molecular weight excluding hydrogens is 430 g/mol. The summed E-state index contributed by atoms with van der Waals surface area (Å²) >= 11 is 3.59. The van der Waals surface area contributed by atoms with Gasteiger partial charge in [-0.15, -0.1) is 0 Å². The van der Waals surface area contributed by atoms with E-state index >= 15 is 0 Å². The summed E-state index contributed by atoms with van der Waals surface area (Å²) in [6, 6.07) is 9.16. The Morgan fingerprint density at radius 3 is 2.39 bits per heavy atom. The molecule has 11 heteroatoms. The number of carbonyl (C=O) groups is 3. The number of anilines is 3. The number of cyclic esters (lactones) is 1. The maximum absolute atomic E-state index is 14.9. The Hall–Kier alpha value is -3.34. The zero-order valence-corrected chi connectivity index (χ0v) is 17.0. The summed E-state index contributed by atoms with van der Waals surface area (Å²) in [5.41, 5.74) is 0.864. The van der Waals surface area contributed by atoms with Crippen molar-refractivity contribution in [1.29, 1.82) is 0 Å². The van der Waals surface area contributed by atoms with Gasteiger partial charge in [0, 0.05) is 18.8 Å². The Kier molecular flexibility index (Phi) is 5.68. The first-order valence-electron chi connectivity index (χ1n) is 9.42. The minimum absolute atomic E-state index is 0.0739. The van der Waals surface area contributed by atoms with E-state index in [0.29, 0.717) is 12.2 Å². The molecule has 0 bridgehead atoms. The minimum Gasteiger partial charge on any atom is -0.442 e. The van der Waals surface area contributed by atoms with Crippen molar-refractivity contribution in [2.75, 3.05) is 40.9 Å². The van der Waals surface area contributed by atoms with Crippen LogP contribution < -0.4 is 20.0 Å². The van der Waals surface area contributed by atoms with Crippen LogP contribution in [-0.2, 0) is 4.74 Å². The van der Waals surface area contributed by atoms with Crippen molar-refractivity contribution in [3.8, 4) is 0 Å². The number of ether oxygens (including phenoxy) is 1. The van der Waals surface area contributed by atoms with Crippen LogP contribution in [0.4, 0.5) is 40.2 Å².